The Kier molecular flexibility index (Phi) is 3.90. The molecule has 28 heavy (non-hydrogen) atoms. The quantitative estimate of drug-likeness (QED) is 0.380. The highest BCUT2D eigenvalue weighted by molar-refractivity contribution is 6.09. The van der Waals surface area contributed by atoms with Crippen molar-refractivity contribution in [3.8, 4) is 22.8 Å². The van der Waals surface area contributed by atoms with Crippen LogP contribution >= 0.6 is 0 Å². The third kappa shape index (κ3) is 2.74. The van der Waals surface area contributed by atoms with Gasteiger partial charge in [-0.3, -0.25) is 0 Å². The van der Waals surface area contributed by atoms with E-state index in [9.17, 15) is 0 Å². The Labute approximate surface area is 162 Å². The Bertz CT molecular complexity index is 1290. The van der Waals surface area contributed by atoms with Crippen molar-refractivity contribution in [3.63, 3.8) is 0 Å². The zero-order chi connectivity index (χ0) is 19.1. The largest absolute Gasteiger partial charge is 0.455 e. The number of furan rings is 1. The zero-order valence-electron chi connectivity index (χ0n) is 15.8. The average Bonchev–Trinajstić information content (AvgIpc) is 3.13. The third-order valence-electron chi connectivity index (χ3n) is 4.85. The third-order valence-corrected chi connectivity index (χ3v) is 4.85. The lowest BCUT2D eigenvalue weighted by molar-refractivity contribution is 0.669. The van der Waals surface area contributed by atoms with Crippen LogP contribution in [0.25, 0.3) is 44.7 Å². The molecule has 2 aromatic heterocycles. The number of para-hydroxylation sites is 2. The van der Waals surface area contributed by atoms with Crippen LogP contribution in [0.4, 0.5) is 0 Å². The molecule has 5 rings (SSSR count). The zero-order valence-corrected chi connectivity index (χ0v) is 15.8. The van der Waals surface area contributed by atoms with Gasteiger partial charge in [-0.1, -0.05) is 74.5 Å². The monoisotopic (exact) mass is 365 g/mol. The van der Waals surface area contributed by atoms with Gasteiger partial charge in [-0.05, 0) is 12.1 Å². The maximum Gasteiger partial charge on any atom is 0.167 e. The number of benzene rings is 3. The van der Waals surface area contributed by atoms with E-state index in [1.165, 1.54) is 0 Å². The van der Waals surface area contributed by atoms with Crippen LogP contribution in [0.3, 0.4) is 0 Å². The minimum atomic E-state index is 0.194. The van der Waals surface area contributed by atoms with E-state index in [0.29, 0.717) is 11.6 Å². The molecule has 0 bridgehead atoms. The van der Waals surface area contributed by atoms with Crippen molar-refractivity contribution in [2.75, 3.05) is 0 Å². The molecule has 4 nitrogen and oxygen atoms in total. The molecule has 136 valence electrons. The van der Waals surface area contributed by atoms with E-state index >= 15 is 0 Å². The predicted molar refractivity (Wildman–Crippen MR) is 112 cm³/mol. The number of fused-ring (bicyclic) bond motifs is 3. The molecule has 5 aromatic rings. The number of hydrogen-bond donors (Lipinski definition) is 0. The lowest BCUT2D eigenvalue weighted by atomic mass is 10.1. The van der Waals surface area contributed by atoms with Crippen LogP contribution < -0.4 is 0 Å². The summed E-state index contributed by atoms with van der Waals surface area (Å²) >= 11 is 0. The summed E-state index contributed by atoms with van der Waals surface area (Å²) in [4.78, 5) is 14.3. The predicted octanol–water partition coefficient (Wildman–Crippen LogP) is 6.23. The van der Waals surface area contributed by atoms with Gasteiger partial charge in [0, 0.05) is 22.3 Å². The van der Waals surface area contributed by atoms with E-state index < -0.39 is 0 Å². The Morgan fingerprint density at radius 2 is 1.39 bits per heavy atom. The van der Waals surface area contributed by atoms with Gasteiger partial charge in [-0.2, -0.15) is 0 Å². The number of aromatic nitrogens is 3. The summed E-state index contributed by atoms with van der Waals surface area (Å²) in [5, 5.41) is 2.17. The van der Waals surface area contributed by atoms with Gasteiger partial charge in [0.2, 0.25) is 0 Å². The summed E-state index contributed by atoms with van der Waals surface area (Å²) in [6.45, 7) is 4.19. The summed E-state index contributed by atoms with van der Waals surface area (Å²) in [6, 6.07) is 24.2. The molecule has 0 unspecified atom stereocenters. The molecule has 0 amide bonds. The normalized spacial score (nSPS) is 11.5. The highest BCUT2D eigenvalue weighted by Gasteiger charge is 2.17. The van der Waals surface area contributed by atoms with Gasteiger partial charge >= 0.3 is 0 Å². The van der Waals surface area contributed by atoms with E-state index in [0.717, 1.165) is 38.9 Å². The van der Waals surface area contributed by atoms with E-state index in [4.69, 9.17) is 19.4 Å². The summed E-state index contributed by atoms with van der Waals surface area (Å²) in [5.41, 5.74) is 3.54. The molecular formula is C24H19N3O. The molecule has 0 N–H and O–H groups in total. The maximum absolute atomic E-state index is 6.18. The van der Waals surface area contributed by atoms with Crippen LogP contribution in [0.1, 0.15) is 25.6 Å². The molecule has 0 spiro atoms. The second-order valence-electron chi connectivity index (χ2n) is 7.14. The van der Waals surface area contributed by atoms with Crippen LogP contribution in [0.5, 0.6) is 0 Å². The lowest BCUT2D eigenvalue weighted by Crippen LogP contribution is -2.04. The SMILES string of the molecule is CC(C)c1nc(-c2ccccc2)nc(-c2cccc3c2oc2ccccc23)n1. The van der Waals surface area contributed by atoms with Gasteiger partial charge < -0.3 is 4.42 Å². The first kappa shape index (κ1) is 16.6. The molecule has 2 heterocycles. The highest BCUT2D eigenvalue weighted by Crippen LogP contribution is 2.35. The number of hydrogen-bond acceptors (Lipinski definition) is 4. The molecule has 0 aliphatic carbocycles. The van der Waals surface area contributed by atoms with Gasteiger partial charge in [0.05, 0.1) is 5.56 Å². The molecule has 4 heteroatoms. The Hall–Kier alpha value is -3.53. The summed E-state index contributed by atoms with van der Waals surface area (Å²) in [5.74, 6) is 2.29. The van der Waals surface area contributed by atoms with Crippen molar-refractivity contribution in [3.05, 3.63) is 78.6 Å². The molecule has 0 saturated heterocycles. The molecule has 0 radical (unpaired) electrons. The Morgan fingerprint density at radius 3 is 2.21 bits per heavy atom. The molecule has 0 aliphatic rings. The van der Waals surface area contributed by atoms with Gasteiger partial charge in [-0.15, -0.1) is 0 Å². The number of rotatable bonds is 3. The summed E-state index contributed by atoms with van der Waals surface area (Å²) in [7, 11) is 0. The average molecular weight is 365 g/mol. The van der Waals surface area contributed by atoms with E-state index in [-0.39, 0.29) is 5.92 Å². The second kappa shape index (κ2) is 6.57. The molecule has 0 saturated carbocycles. The molecule has 0 atom stereocenters. The van der Waals surface area contributed by atoms with Crippen LogP contribution in [-0.2, 0) is 0 Å². The smallest absolute Gasteiger partial charge is 0.167 e. The second-order valence-corrected chi connectivity index (χ2v) is 7.14. The van der Waals surface area contributed by atoms with Crippen LogP contribution in [0, 0.1) is 0 Å². The maximum atomic E-state index is 6.18. The fourth-order valence-corrected chi connectivity index (χ4v) is 3.41. The van der Waals surface area contributed by atoms with E-state index in [1.54, 1.807) is 0 Å². The summed E-state index contributed by atoms with van der Waals surface area (Å²) in [6.07, 6.45) is 0. The van der Waals surface area contributed by atoms with Crippen molar-refractivity contribution in [1.29, 1.82) is 0 Å². The fourth-order valence-electron chi connectivity index (χ4n) is 3.41. The highest BCUT2D eigenvalue weighted by atomic mass is 16.3. The summed E-state index contributed by atoms with van der Waals surface area (Å²) < 4.78 is 6.18. The first-order valence-electron chi connectivity index (χ1n) is 9.43. The Morgan fingerprint density at radius 1 is 0.679 bits per heavy atom. The minimum Gasteiger partial charge on any atom is -0.455 e. The van der Waals surface area contributed by atoms with Gasteiger partial charge in [-0.25, -0.2) is 15.0 Å². The van der Waals surface area contributed by atoms with Gasteiger partial charge in [0.25, 0.3) is 0 Å². The first-order chi connectivity index (χ1) is 13.7. The van der Waals surface area contributed by atoms with Crippen molar-refractivity contribution in [2.45, 2.75) is 19.8 Å². The van der Waals surface area contributed by atoms with E-state index in [1.807, 2.05) is 60.7 Å². The van der Waals surface area contributed by atoms with Crippen LogP contribution in [-0.4, -0.2) is 15.0 Å². The van der Waals surface area contributed by atoms with Crippen LogP contribution in [0.2, 0.25) is 0 Å². The molecule has 3 aromatic carbocycles. The van der Waals surface area contributed by atoms with Gasteiger partial charge in [0.15, 0.2) is 11.6 Å². The number of nitrogens with zero attached hydrogens (tertiary/aromatic N) is 3. The van der Waals surface area contributed by atoms with Crippen molar-refractivity contribution < 1.29 is 4.42 Å². The molecule has 0 aliphatic heterocycles. The van der Waals surface area contributed by atoms with Gasteiger partial charge in [0.1, 0.15) is 17.0 Å². The first-order valence-corrected chi connectivity index (χ1v) is 9.43. The minimum absolute atomic E-state index is 0.194. The molecule has 0 fully saturated rings. The fraction of sp³-hybridized carbons (Fsp3) is 0.125. The topological polar surface area (TPSA) is 51.8 Å². The standard InChI is InChI=1S/C24H19N3O/c1-15(2)22-25-23(16-9-4-3-5-10-16)27-24(26-22)19-13-8-12-18-17-11-6-7-14-20(17)28-21(18)19/h3-15H,1-2H3. The van der Waals surface area contributed by atoms with Crippen LogP contribution in [0.15, 0.2) is 77.2 Å². The van der Waals surface area contributed by atoms with Crippen molar-refractivity contribution >= 4 is 21.9 Å². The lowest BCUT2D eigenvalue weighted by Gasteiger charge is -2.10. The van der Waals surface area contributed by atoms with Crippen molar-refractivity contribution in [1.82, 2.24) is 15.0 Å². The Balaban J connectivity index is 1.78. The molecular weight excluding hydrogens is 346 g/mol. The van der Waals surface area contributed by atoms with E-state index in [2.05, 4.69) is 26.0 Å². The van der Waals surface area contributed by atoms with Crippen molar-refractivity contribution in [2.24, 2.45) is 0 Å².